The fourth-order valence-electron chi connectivity index (χ4n) is 3.73. The van der Waals surface area contributed by atoms with Crippen molar-refractivity contribution in [2.45, 2.75) is 27.7 Å². The summed E-state index contributed by atoms with van der Waals surface area (Å²) >= 11 is 0. The third kappa shape index (κ3) is 5.45. The van der Waals surface area contributed by atoms with Gasteiger partial charge < -0.3 is 19.3 Å². The van der Waals surface area contributed by atoms with Gasteiger partial charge in [-0.2, -0.15) is 0 Å². The smallest absolute Gasteiger partial charge is 0.191 e. The van der Waals surface area contributed by atoms with Crippen molar-refractivity contribution in [3.63, 3.8) is 0 Å². The van der Waals surface area contributed by atoms with E-state index in [-0.39, 0.29) is 22.5 Å². The second kappa shape index (κ2) is 11.4. The van der Waals surface area contributed by atoms with E-state index in [0.717, 1.165) is 26.2 Å². The summed E-state index contributed by atoms with van der Waals surface area (Å²) in [5, 5.41) is 1.20. The molecule has 0 unspecified atom stereocenters. The maximum atomic E-state index is 15.1. The van der Waals surface area contributed by atoms with Crippen molar-refractivity contribution in [1.82, 2.24) is 14.8 Å². The summed E-state index contributed by atoms with van der Waals surface area (Å²) in [5.74, 6) is -0.889. The predicted octanol–water partition coefficient (Wildman–Crippen LogP) is 5.11. The maximum Gasteiger partial charge on any atom is 0.191 e. The monoisotopic (exact) mass is 445 g/mol. The van der Waals surface area contributed by atoms with Crippen LogP contribution >= 0.6 is 0 Å². The van der Waals surface area contributed by atoms with Gasteiger partial charge in [0.25, 0.3) is 0 Å². The Morgan fingerprint density at radius 3 is 1.47 bits per heavy atom. The van der Waals surface area contributed by atoms with E-state index in [1.807, 2.05) is 0 Å². The van der Waals surface area contributed by atoms with Gasteiger partial charge in [0.15, 0.2) is 23.1 Å². The van der Waals surface area contributed by atoms with Gasteiger partial charge in [-0.3, -0.25) is 0 Å². The summed E-state index contributed by atoms with van der Waals surface area (Å²) in [6.07, 6.45) is 0. The third-order valence-corrected chi connectivity index (χ3v) is 5.88. The number of benzene rings is 2. The molecule has 5 nitrogen and oxygen atoms in total. The lowest BCUT2D eigenvalue weighted by Gasteiger charge is -2.18. The first-order valence-electron chi connectivity index (χ1n) is 11.4. The molecule has 0 radical (unpaired) electrons. The number of fused-ring (bicyclic) bond motifs is 2. The van der Waals surface area contributed by atoms with Gasteiger partial charge in [0.2, 0.25) is 0 Å². The van der Waals surface area contributed by atoms with Crippen molar-refractivity contribution in [1.29, 1.82) is 0 Å². The highest BCUT2D eigenvalue weighted by atomic mass is 19.1. The number of halogens is 2. The van der Waals surface area contributed by atoms with Crippen LogP contribution in [0.15, 0.2) is 30.3 Å². The zero-order chi connectivity index (χ0) is 23.1. The zero-order valence-electron chi connectivity index (χ0n) is 19.5. The molecule has 0 bridgehead atoms. The first kappa shape index (κ1) is 24.1. The van der Waals surface area contributed by atoms with Crippen molar-refractivity contribution < 1.29 is 18.3 Å². The minimum Gasteiger partial charge on any atom is -0.489 e. The van der Waals surface area contributed by atoms with Gasteiger partial charge in [-0.15, -0.1) is 0 Å². The summed E-state index contributed by atoms with van der Waals surface area (Å²) in [7, 11) is 0. The van der Waals surface area contributed by atoms with Gasteiger partial charge in [-0.25, -0.2) is 13.8 Å². The van der Waals surface area contributed by atoms with Crippen LogP contribution < -0.4 is 9.47 Å². The maximum absolute atomic E-state index is 15.1. The summed E-state index contributed by atoms with van der Waals surface area (Å²) in [5.41, 5.74) is 0.189. The second-order valence-electron chi connectivity index (χ2n) is 7.64. The highest BCUT2D eigenvalue weighted by Gasteiger charge is 2.16. The SMILES string of the molecule is CCN(CC)CCOc1ccc2cc3ccc(OCCN(CC)CC)c(F)c3nc2c1F. The lowest BCUT2D eigenvalue weighted by atomic mass is 10.1. The molecule has 3 aromatic rings. The highest BCUT2D eigenvalue weighted by molar-refractivity contribution is 5.94. The average Bonchev–Trinajstić information content (AvgIpc) is 2.81. The number of pyridine rings is 1. The van der Waals surface area contributed by atoms with Crippen LogP contribution in [0.1, 0.15) is 27.7 Å². The standard InChI is InChI=1S/C25H33F2N3O2/c1-5-29(6-2)13-15-31-20-11-9-18-17-19-10-12-21(32-16-14-30(7-3)8-4)23(27)25(19)28-24(18)22(20)26/h9-12,17H,5-8,13-16H2,1-4H3. The van der Waals surface area contributed by atoms with Gasteiger partial charge in [-0.05, 0) is 56.5 Å². The number of hydrogen-bond acceptors (Lipinski definition) is 5. The average molecular weight is 446 g/mol. The molecule has 0 aliphatic carbocycles. The molecule has 0 aliphatic rings. The number of hydrogen-bond donors (Lipinski definition) is 0. The van der Waals surface area contributed by atoms with E-state index in [9.17, 15) is 0 Å². The van der Waals surface area contributed by atoms with Gasteiger partial charge in [0, 0.05) is 23.9 Å². The normalized spacial score (nSPS) is 11.8. The summed E-state index contributed by atoms with van der Waals surface area (Å²) in [6.45, 7) is 14.1. The molecule has 3 rings (SSSR count). The van der Waals surface area contributed by atoms with Crippen LogP contribution in [0, 0.1) is 11.6 Å². The molecule has 0 fully saturated rings. The van der Waals surface area contributed by atoms with Gasteiger partial charge >= 0.3 is 0 Å². The molecule has 0 atom stereocenters. The van der Waals surface area contributed by atoms with E-state index in [1.54, 1.807) is 30.3 Å². The second-order valence-corrected chi connectivity index (χ2v) is 7.64. The Morgan fingerprint density at radius 1 is 0.688 bits per heavy atom. The number of ether oxygens (including phenoxy) is 2. The molecule has 174 valence electrons. The minimum absolute atomic E-state index is 0.0945. The van der Waals surface area contributed by atoms with Gasteiger partial charge in [0.05, 0.1) is 0 Å². The fourth-order valence-corrected chi connectivity index (χ4v) is 3.73. The molecule has 0 spiro atoms. The zero-order valence-corrected chi connectivity index (χ0v) is 19.5. The van der Waals surface area contributed by atoms with Crippen molar-refractivity contribution in [2.24, 2.45) is 0 Å². The van der Waals surface area contributed by atoms with E-state index < -0.39 is 11.6 Å². The quantitative estimate of drug-likeness (QED) is 0.362. The van der Waals surface area contributed by atoms with Crippen molar-refractivity contribution in [3.8, 4) is 11.5 Å². The molecule has 1 aromatic heterocycles. The minimum atomic E-state index is -0.573. The lowest BCUT2D eigenvalue weighted by Crippen LogP contribution is -2.28. The van der Waals surface area contributed by atoms with Crippen LogP contribution in [0.25, 0.3) is 21.8 Å². The highest BCUT2D eigenvalue weighted by Crippen LogP contribution is 2.31. The molecule has 0 amide bonds. The molecule has 0 N–H and O–H groups in total. The molecule has 32 heavy (non-hydrogen) atoms. The van der Waals surface area contributed by atoms with Crippen LogP contribution in [0.4, 0.5) is 8.78 Å². The number of rotatable bonds is 12. The molecule has 0 saturated carbocycles. The Kier molecular flexibility index (Phi) is 8.59. The first-order chi connectivity index (χ1) is 15.5. The lowest BCUT2D eigenvalue weighted by molar-refractivity contribution is 0.217. The molecular weight excluding hydrogens is 412 g/mol. The summed E-state index contributed by atoms with van der Waals surface area (Å²) < 4.78 is 41.6. The van der Waals surface area contributed by atoms with Crippen molar-refractivity contribution in [2.75, 3.05) is 52.5 Å². The number of nitrogens with zero attached hydrogens (tertiary/aromatic N) is 3. The van der Waals surface area contributed by atoms with E-state index in [4.69, 9.17) is 9.47 Å². The van der Waals surface area contributed by atoms with Crippen LogP contribution in [0.3, 0.4) is 0 Å². The Morgan fingerprint density at radius 2 is 1.09 bits per heavy atom. The molecule has 1 heterocycles. The van der Waals surface area contributed by atoms with E-state index in [2.05, 4.69) is 42.5 Å². The Balaban J connectivity index is 1.84. The van der Waals surface area contributed by atoms with Crippen LogP contribution in [-0.4, -0.2) is 67.3 Å². The molecular formula is C25H33F2N3O2. The summed E-state index contributed by atoms with van der Waals surface area (Å²) in [4.78, 5) is 8.71. The van der Waals surface area contributed by atoms with Gasteiger partial charge in [-0.1, -0.05) is 27.7 Å². The van der Waals surface area contributed by atoms with Crippen LogP contribution in [0.5, 0.6) is 11.5 Å². The van der Waals surface area contributed by atoms with Crippen LogP contribution in [-0.2, 0) is 0 Å². The largest absolute Gasteiger partial charge is 0.489 e. The topological polar surface area (TPSA) is 37.8 Å². The van der Waals surface area contributed by atoms with E-state index >= 15 is 8.78 Å². The third-order valence-electron chi connectivity index (χ3n) is 5.88. The number of aromatic nitrogens is 1. The van der Waals surface area contributed by atoms with E-state index in [0.29, 0.717) is 37.1 Å². The van der Waals surface area contributed by atoms with Gasteiger partial charge in [0.1, 0.15) is 24.2 Å². The molecule has 0 aliphatic heterocycles. The Hall–Kier alpha value is -2.51. The molecule has 2 aromatic carbocycles. The van der Waals surface area contributed by atoms with Crippen LogP contribution in [0.2, 0.25) is 0 Å². The first-order valence-corrected chi connectivity index (χ1v) is 11.4. The molecule has 0 saturated heterocycles. The summed E-state index contributed by atoms with van der Waals surface area (Å²) in [6, 6.07) is 8.46. The Bertz CT molecular complexity index is 958. The van der Waals surface area contributed by atoms with Crippen molar-refractivity contribution in [3.05, 3.63) is 42.0 Å². The predicted molar refractivity (Wildman–Crippen MR) is 126 cm³/mol. The number of likely N-dealkylation sites (N-methyl/N-ethyl adjacent to an activating group) is 2. The Labute approximate surface area is 188 Å². The van der Waals surface area contributed by atoms with E-state index in [1.165, 1.54) is 0 Å². The van der Waals surface area contributed by atoms with Crippen molar-refractivity contribution >= 4 is 21.8 Å². The molecule has 7 heteroatoms. The fraction of sp³-hybridized carbons (Fsp3) is 0.480.